The van der Waals surface area contributed by atoms with Crippen molar-refractivity contribution in [2.24, 2.45) is 0 Å². The van der Waals surface area contributed by atoms with Gasteiger partial charge in [0.1, 0.15) is 0 Å². The van der Waals surface area contributed by atoms with Crippen LogP contribution in [-0.4, -0.2) is 31.2 Å². The number of hydrogen-bond acceptors (Lipinski definition) is 3. The summed E-state index contributed by atoms with van der Waals surface area (Å²) in [6, 6.07) is 13.3. The third-order valence-electron chi connectivity index (χ3n) is 4.47. The molecular weight excluding hydrogens is 270 g/mol. The first-order chi connectivity index (χ1) is 10.6. The van der Waals surface area contributed by atoms with E-state index in [1.807, 2.05) is 13.1 Å². The molecule has 3 rings (SSSR count). The molecule has 0 unspecified atom stereocenters. The van der Waals surface area contributed by atoms with E-state index in [-0.39, 0.29) is 0 Å². The predicted octanol–water partition coefficient (Wildman–Crippen LogP) is 3.84. The second kappa shape index (κ2) is 6.39. The summed E-state index contributed by atoms with van der Waals surface area (Å²) in [6.45, 7) is 10.7. The van der Waals surface area contributed by atoms with Crippen LogP contribution in [0.1, 0.15) is 31.0 Å². The normalized spacial score (nSPS) is 15.5. The van der Waals surface area contributed by atoms with Crippen molar-refractivity contribution in [3.63, 3.8) is 0 Å². The summed E-state index contributed by atoms with van der Waals surface area (Å²) in [6.07, 6.45) is 1.99. The Morgan fingerprint density at radius 3 is 1.86 bits per heavy atom. The van der Waals surface area contributed by atoms with Gasteiger partial charge in [0.15, 0.2) is 0 Å². The number of benzene rings is 1. The monoisotopic (exact) mass is 295 g/mol. The van der Waals surface area contributed by atoms with Crippen LogP contribution in [0.2, 0.25) is 0 Å². The molecule has 1 aromatic carbocycles. The van der Waals surface area contributed by atoms with Gasteiger partial charge in [0.25, 0.3) is 0 Å². The molecule has 22 heavy (non-hydrogen) atoms. The van der Waals surface area contributed by atoms with Crippen LogP contribution in [0.4, 0.5) is 11.4 Å². The SMILES string of the molecule is Cc1ccc(N2CCN(c3ccc(C(C)C)cc3)CC2)cn1. The number of aromatic nitrogens is 1. The first-order valence-electron chi connectivity index (χ1n) is 8.16. The molecule has 0 amide bonds. The lowest BCUT2D eigenvalue weighted by Crippen LogP contribution is -2.46. The Morgan fingerprint density at radius 2 is 1.36 bits per heavy atom. The molecule has 0 bridgehead atoms. The van der Waals surface area contributed by atoms with Crippen LogP contribution in [0.3, 0.4) is 0 Å². The summed E-state index contributed by atoms with van der Waals surface area (Å²) in [5.41, 5.74) is 5.06. The molecule has 0 radical (unpaired) electrons. The maximum atomic E-state index is 4.40. The highest BCUT2D eigenvalue weighted by atomic mass is 15.3. The zero-order chi connectivity index (χ0) is 15.5. The number of piperazine rings is 1. The summed E-state index contributed by atoms with van der Waals surface area (Å²) in [4.78, 5) is 9.30. The molecular formula is C19H25N3. The number of anilines is 2. The molecule has 1 aromatic heterocycles. The Morgan fingerprint density at radius 1 is 0.818 bits per heavy atom. The molecule has 0 atom stereocenters. The van der Waals surface area contributed by atoms with Crippen LogP contribution in [0.5, 0.6) is 0 Å². The lowest BCUT2D eigenvalue weighted by atomic mass is 10.0. The number of rotatable bonds is 3. The van der Waals surface area contributed by atoms with Crippen molar-refractivity contribution in [2.75, 3.05) is 36.0 Å². The summed E-state index contributed by atoms with van der Waals surface area (Å²) >= 11 is 0. The fourth-order valence-corrected chi connectivity index (χ4v) is 2.94. The smallest absolute Gasteiger partial charge is 0.0554 e. The topological polar surface area (TPSA) is 19.4 Å². The van der Waals surface area contributed by atoms with Crippen LogP contribution >= 0.6 is 0 Å². The number of hydrogen-bond donors (Lipinski definition) is 0. The molecule has 1 aliphatic rings. The minimum atomic E-state index is 0.597. The summed E-state index contributed by atoms with van der Waals surface area (Å²) in [7, 11) is 0. The third-order valence-corrected chi connectivity index (χ3v) is 4.47. The van der Waals surface area contributed by atoms with Crippen molar-refractivity contribution < 1.29 is 0 Å². The van der Waals surface area contributed by atoms with Gasteiger partial charge in [-0.25, -0.2) is 0 Å². The first-order valence-corrected chi connectivity index (χ1v) is 8.16. The van der Waals surface area contributed by atoms with Gasteiger partial charge in [-0.1, -0.05) is 26.0 Å². The van der Waals surface area contributed by atoms with Crippen molar-refractivity contribution in [1.82, 2.24) is 4.98 Å². The van der Waals surface area contributed by atoms with Crippen LogP contribution in [0.15, 0.2) is 42.6 Å². The van der Waals surface area contributed by atoms with E-state index in [2.05, 4.69) is 65.0 Å². The standard InChI is InChI=1S/C19H25N3/c1-15(2)17-5-8-18(9-6-17)21-10-12-22(13-11-21)19-7-4-16(3)20-14-19/h4-9,14-15H,10-13H2,1-3H3. The number of aryl methyl sites for hydroxylation is 1. The Kier molecular flexibility index (Phi) is 4.32. The highest BCUT2D eigenvalue weighted by molar-refractivity contribution is 5.52. The van der Waals surface area contributed by atoms with Gasteiger partial charge in [0.2, 0.25) is 0 Å². The lowest BCUT2D eigenvalue weighted by Gasteiger charge is -2.37. The highest BCUT2D eigenvalue weighted by Gasteiger charge is 2.17. The van der Waals surface area contributed by atoms with Crippen molar-refractivity contribution in [3.05, 3.63) is 53.9 Å². The molecule has 1 aliphatic heterocycles. The van der Waals surface area contributed by atoms with Crippen molar-refractivity contribution >= 4 is 11.4 Å². The molecule has 1 fully saturated rings. The van der Waals surface area contributed by atoms with Gasteiger partial charge in [-0.3, -0.25) is 4.98 Å². The highest BCUT2D eigenvalue weighted by Crippen LogP contribution is 2.22. The van der Waals surface area contributed by atoms with Gasteiger partial charge in [0, 0.05) is 37.6 Å². The molecule has 3 heteroatoms. The zero-order valence-electron chi connectivity index (χ0n) is 13.8. The summed E-state index contributed by atoms with van der Waals surface area (Å²) in [5, 5.41) is 0. The fourth-order valence-electron chi connectivity index (χ4n) is 2.94. The molecule has 0 N–H and O–H groups in total. The van der Waals surface area contributed by atoms with E-state index in [0.717, 1.165) is 31.9 Å². The predicted molar refractivity (Wildman–Crippen MR) is 93.9 cm³/mol. The Bertz CT molecular complexity index is 594. The number of nitrogens with zero attached hydrogens (tertiary/aromatic N) is 3. The first kappa shape index (κ1) is 14.9. The fraction of sp³-hybridized carbons (Fsp3) is 0.421. The van der Waals surface area contributed by atoms with E-state index >= 15 is 0 Å². The van der Waals surface area contributed by atoms with Gasteiger partial charge >= 0.3 is 0 Å². The lowest BCUT2D eigenvalue weighted by molar-refractivity contribution is 0.652. The maximum Gasteiger partial charge on any atom is 0.0554 e. The second-order valence-electron chi connectivity index (χ2n) is 6.38. The van der Waals surface area contributed by atoms with E-state index in [4.69, 9.17) is 0 Å². The maximum absolute atomic E-state index is 4.40. The minimum Gasteiger partial charge on any atom is -0.368 e. The van der Waals surface area contributed by atoms with E-state index in [1.54, 1.807) is 0 Å². The van der Waals surface area contributed by atoms with Gasteiger partial charge in [-0.15, -0.1) is 0 Å². The van der Waals surface area contributed by atoms with E-state index in [9.17, 15) is 0 Å². The largest absolute Gasteiger partial charge is 0.368 e. The molecule has 0 spiro atoms. The van der Waals surface area contributed by atoms with Crippen molar-refractivity contribution in [3.8, 4) is 0 Å². The molecule has 116 valence electrons. The summed E-state index contributed by atoms with van der Waals surface area (Å²) in [5.74, 6) is 0.597. The molecule has 2 heterocycles. The minimum absolute atomic E-state index is 0.597. The van der Waals surface area contributed by atoms with E-state index in [0.29, 0.717) is 5.92 Å². The molecule has 2 aromatic rings. The van der Waals surface area contributed by atoms with Gasteiger partial charge < -0.3 is 9.80 Å². The molecule has 0 aliphatic carbocycles. The summed E-state index contributed by atoms with van der Waals surface area (Å²) < 4.78 is 0. The van der Waals surface area contributed by atoms with E-state index in [1.165, 1.54) is 16.9 Å². The second-order valence-corrected chi connectivity index (χ2v) is 6.38. The van der Waals surface area contributed by atoms with Crippen LogP contribution in [-0.2, 0) is 0 Å². The molecule has 0 saturated carbocycles. The average Bonchev–Trinajstić information content (AvgIpc) is 2.56. The van der Waals surface area contributed by atoms with Crippen molar-refractivity contribution in [2.45, 2.75) is 26.7 Å². The van der Waals surface area contributed by atoms with Gasteiger partial charge in [-0.2, -0.15) is 0 Å². The van der Waals surface area contributed by atoms with Crippen LogP contribution in [0, 0.1) is 6.92 Å². The molecule has 1 saturated heterocycles. The third kappa shape index (κ3) is 3.24. The van der Waals surface area contributed by atoms with Crippen LogP contribution in [0.25, 0.3) is 0 Å². The number of pyridine rings is 1. The molecule has 3 nitrogen and oxygen atoms in total. The Balaban J connectivity index is 1.62. The van der Waals surface area contributed by atoms with Gasteiger partial charge in [-0.05, 0) is 42.7 Å². The van der Waals surface area contributed by atoms with E-state index < -0.39 is 0 Å². The quantitative estimate of drug-likeness (QED) is 0.857. The van der Waals surface area contributed by atoms with Gasteiger partial charge in [0.05, 0.1) is 11.9 Å². The Hall–Kier alpha value is -2.03. The zero-order valence-corrected chi connectivity index (χ0v) is 13.8. The Labute approximate surface area is 133 Å². The van der Waals surface area contributed by atoms with Crippen molar-refractivity contribution in [1.29, 1.82) is 0 Å². The van der Waals surface area contributed by atoms with Crippen LogP contribution < -0.4 is 9.80 Å². The average molecular weight is 295 g/mol.